The molecule has 2 bridgehead atoms. The maximum atomic E-state index is 14.4. The first kappa shape index (κ1) is 30.7. The zero-order valence-electron chi connectivity index (χ0n) is 24.2. The molecule has 0 aliphatic carbocycles. The molecule has 0 aromatic rings. The van der Waals surface area contributed by atoms with E-state index in [0.29, 0.717) is 58.5 Å². The Morgan fingerprint density at radius 1 is 1.23 bits per heavy atom. The standard InChI is InChI=1S/C30H47N3O7/c1-5-8-9-10-18-39-28(37)24-23-26(35)33(22(7-3)21-34)25(30(23)12-11-29(24,4)40-30)27(36)32(13-6-2)15-14-31-16-19-38-20-17-31/h5-6,22-25,34H,1-2,7-21H2,3-4H3/t22-,23-,24-,25?,29+,30?/m0/s1. The van der Waals surface area contributed by atoms with Gasteiger partial charge in [-0.15, -0.1) is 13.2 Å². The lowest BCUT2D eigenvalue weighted by atomic mass is 9.66. The van der Waals surface area contributed by atoms with Crippen LogP contribution in [0.3, 0.4) is 0 Å². The minimum atomic E-state index is -1.14. The second-order valence-electron chi connectivity index (χ2n) is 11.7. The first-order valence-corrected chi connectivity index (χ1v) is 14.9. The largest absolute Gasteiger partial charge is 0.465 e. The fraction of sp³-hybridized carbons (Fsp3) is 0.767. The minimum absolute atomic E-state index is 0.224. The molecule has 0 aromatic heterocycles. The second-order valence-corrected chi connectivity index (χ2v) is 11.7. The van der Waals surface area contributed by atoms with Gasteiger partial charge in [0.1, 0.15) is 17.6 Å². The average molecular weight is 562 g/mol. The Hall–Kier alpha value is -2.27. The summed E-state index contributed by atoms with van der Waals surface area (Å²) in [6.07, 6.45) is 7.46. The molecule has 224 valence electrons. The van der Waals surface area contributed by atoms with Gasteiger partial charge in [-0.05, 0) is 45.4 Å². The molecular weight excluding hydrogens is 514 g/mol. The highest BCUT2D eigenvalue weighted by molar-refractivity contribution is 5.98. The van der Waals surface area contributed by atoms with Crippen molar-refractivity contribution in [2.24, 2.45) is 11.8 Å². The number of aliphatic hydroxyl groups is 1. The summed E-state index contributed by atoms with van der Waals surface area (Å²) in [7, 11) is 0. The average Bonchev–Trinajstić information content (AvgIpc) is 3.52. The van der Waals surface area contributed by atoms with Gasteiger partial charge in [0.25, 0.3) is 0 Å². The number of morpholine rings is 1. The van der Waals surface area contributed by atoms with Crippen LogP contribution < -0.4 is 0 Å². The first-order chi connectivity index (χ1) is 19.3. The monoisotopic (exact) mass is 561 g/mol. The number of nitrogens with zero attached hydrogens (tertiary/aromatic N) is 3. The van der Waals surface area contributed by atoms with Crippen LogP contribution in [0.2, 0.25) is 0 Å². The van der Waals surface area contributed by atoms with Gasteiger partial charge < -0.3 is 29.1 Å². The molecule has 0 radical (unpaired) electrons. The van der Waals surface area contributed by atoms with Gasteiger partial charge in [0.15, 0.2) is 0 Å². The molecule has 0 saturated carbocycles. The van der Waals surface area contributed by atoms with Crippen molar-refractivity contribution in [2.45, 2.75) is 75.7 Å². The number of hydrogen-bond donors (Lipinski definition) is 1. The Morgan fingerprint density at radius 2 is 1.98 bits per heavy atom. The number of hydrogen-bond acceptors (Lipinski definition) is 8. The van der Waals surface area contributed by atoms with Crippen molar-refractivity contribution in [3.05, 3.63) is 25.3 Å². The number of carbonyl (C=O) groups is 3. The number of esters is 1. The van der Waals surface area contributed by atoms with E-state index < -0.39 is 41.1 Å². The van der Waals surface area contributed by atoms with Crippen molar-refractivity contribution in [2.75, 3.05) is 59.2 Å². The van der Waals surface area contributed by atoms with Gasteiger partial charge in [0, 0.05) is 32.7 Å². The number of likely N-dealkylation sites (tertiary alicyclic amines) is 1. The Labute approximate surface area is 238 Å². The van der Waals surface area contributed by atoms with Crippen LogP contribution in [0.5, 0.6) is 0 Å². The Balaban J connectivity index is 1.62. The molecule has 4 aliphatic heterocycles. The van der Waals surface area contributed by atoms with E-state index >= 15 is 0 Å². The van der Waals surface area contributed by atoms with Gasteiger partial charge >= 0.3 is 5.97 Å². The smallest absolute Gasteiger partial charge is 0.312 e. The molecule has 2 unspecified atom stereocenters. The summed E-state index contributed by atoms with van der Waals surface area (Å²) >= 11 is 0. The van der Waals surface area contributed by atoms with E-state index in [2.05, 4.69) is 18.1 Å². The van der Waals surface area contributed by atoms with Crippen LogP contribution in [0.15, 0.2) is 25.3 Å². The van der Waals surface area contributed by atoms with Gasteiger partial charge in [0.2, 0.25) is 11.8 Å². The van der Waals surface area contributed by atoms with E-state index in [9.17, 15) is 19.5 Å². The molecule has 1 spiro atoms. The molecule has 4 heterocycles. The molecular formula is C30H47N3O7. The number of carbonyl (C=O) groups excluding carboxylic acids is 3. The van der Waals surface area contributed by atoms with Crippen molar-refractivity contribution in [3.8, 4) is 0 Å². The third-order valence-electron chi connectivity index (χ3n) is 9.28. The summed E-state index contributed by atoms with van der Waals surface area (Å²) < 4.78 is 17.8. The lowest BCUT2D eigenvalue weighted by Gasteiger charge is -2.39. The van der Waals surface area contributed by atoms with E-state index in [0.717, 1.165) is 25.9 Å². The highest BCUT2D eigenvalue weighted by Crippen LogP contribution is 2.63. The SMILES string of the molecule is C=CCCCCOC(=O)[C@@H]1[C@H]2C(=O)N([C@@H](CC)CO)C(C(=O)N(CC=C)CCN3CCOCC3)C23CC[C@@]1(C)O3. The quantitative estimate of drug-likeness (QED) is 0.183. The fourth-order valence-corrected chi connectivity index (χ4v) is 7.17. The minimum Gasteiger partial charge on any atom is -0.465 e. The summed E-state index contributed by atoms with van der Waals surface area (Å²) in [5.74, 6) is -2.60. The topological polar surface area (TPSA) is 109 Å². The van der Waals surface area contributed by atoms with Crippen molar-refractivity contribution < 1.29 is 33.7 Å². The Kier molecular flexibility index (Phi) is 10.1. The van der Waals surface area contributed by atoms with Crippen LogP contribution in [0, 0.1) is 11.8 Å². The van der Waals surface area contributed by atoms with Crippen molar-refractivity contribution in [1.82, 2.24) is 14.7 Å². The van der Waals surface area contributed by atoms with Crippen LogP contribution in [0.4, 0.5) is 0 Å². The molecule has 4 rings (SSSR count). The van der Waals surface area contributed by atoms with Crippen molar-refractivity contribution in [1.29, 1.82) is 0 Å². The number of fused-ring (bicyclic) bond motifs is 1. The van der Waals surface area contributed by atoms with E-state index in [-0.39, 0.29) is 25.0 Å². The maximum Gasteiger partial charge on any atom is 0.312 e. The second kappa shape index (κ2) is 13.1. The van der Waals surface area contributed by atoms with Crippen molar-refractivity contribution >= 4 is 17.8 Å². The number of amides is 2. The molecule has 10 heteroatoms. The molecule has 4 fully saturated rings. The van der Waals surface area contributed by atoms with Crippen LogP contribution in [0.25, 0.3) is 0 Å². The predicted molar refractivity (Wildman–Crippen MR) is 149 cm³/mol. The third kappa shape index (κ3) is 5.60. The summed E-state index contributed by atoms with van der Waals surface area (Å²) in [5, 5.41) is 10.3. The molecule has 1 N–H and O–H groups in total. The number of rotatable bonds is 15. The molecule has 4 aliphatic rings. The third-order valence-corrected chi connectivity index (χ3v) is 9.28. The normalized spacial score (nSPS) is 32.1. The van der Waals surface area contributed by atoms with Crippen LogP contribution in [-0.2, 0) is 28.6 Å². The molecule has 40 heavy (non-hydrogen) atoms. The summed E-state index contributed by atoms with van der Waals surface area (Å²) in [4.78, 5) is 47.7. The fourth-order valence-electron chi connectivity index (χ4n) is 7.17. The van der Waals surface area contributed by atoms with Gasteiger partial charge in [-0.1, -0.05) is 19.1 Å². The van der Waals surface area contributed by atoms with Gasteiger partial charge in [-0.3, -0.25) is 19.3 Å². The van der Waals surface area contributed by atoms with Crippen molar-refractivity contribution in [3.63, 3.8) is 0 Å². The molecule has 10 nitrogen and oxygen atoms in total. The van der Waals surface area contributed by atoms with E-state index in [1.807, 2.05) is 19.9 Å². The Bertz CT molecular complexity index is 950. The summed E-state index contributed by atoms with van der Waals surface area (Å²) in [5.41, 5.74) is -2.03. The van der Waals surface area contributed by atoms with Crippen LogP contribution in [-0.4, -0.2) is 120 Å². The molecule has 2 amide bonds. The zero-order chi connectivity index (χ0) is 28.9. The van der Waals surface area contributed by atoms with Gasteiger partial charge in [0.05, 0.1) is 44.0 Å². The maximum absolute atomic E-state index is 14.4. The highest BCUT2D eigenvalue weighted by atomic mass is 16.6. The number of ether oxygens (including phenoxy) is 3. The number of allylic oxidation sites excluding steroid dienone is 1. The van der Waals surface area contributed by atoms with Gasteiger partial charge in [-0.25, -0.2) is 0 Å². The predicted octanol–water partition coefficient (Wildman–Crippen LogP) is 1.77. The van der Waals surface area contributed by atoms with Crippen LogP contribution in [0.1, 0.15) is 52.4 Å². The lowest BCUT2D eigenvalue weighted by Crippen LogP contribution is -2.59. The summed E-state index contributed by atoms with van der Waals surface area (Å²) in [6.45, 7) is 15.7. The van der Waals surface area contributed by atoms with Gasteiger partial charge in [-0.2, -0.15) is 0 Å². The lowest BCUT2D eigenvalue weighted by molar-refractivity contribution is -0.162. The molecule has 4 saturated heterocycles. The Morgan fingerprint density at radius 3 is 2.62 bits per heavy atom. The number of aliphatic hydroxyl groups excluding tert-OH is 1. The van der Waals surface area contributed by atoms with E-state index in [1.165, 1.54) is 4.90 Å². The molecule has 0 aromatic carbocycles. The first-order valence-electron chi connectivity index (χ1n) is 14.9. The molecule has 6 atom stereocenters. The number of unbranched alkanes of at least 4 members (excludes halogenated alkanes) is 2. The van der Waals surface area contributed by atoms with Crippen LogP contribution >= 0.6 is 0 Å². The van der Waals surface area contributed by atoms with E-state index in [4.69, 9.17) is 14.2 Å². The van der Waals surface area contributed by atoms with E-state index in [1.54, 1.807) is 11.0 Å². The summed E-state index contributed by atoms with van der Waals surface area (Å²) in [6, 6.07) is -1.49. The highest BCUT2D eigenvalue weighted by Gasteiger charge is 2.79. The zero-order valence-corrected chi connectivity index (χ0v) is 24.2.